The van der Waals surface area contributed by atoms with E-state index in [-0.39, 0.29) is 11.7 Å². The fourth-order valence-electron chi connectivity index (χ4n) is 3.73. The van der Waals surface area contributed by atoms with E-state index < -0.39 is 10.2 Å². The number of benzene rings is 1. The van der Waals surface area contributed by atoms with Gasteiger partial charge in [0.2, 0.25) is 0 Å². The Morgan fingerprint density at radius 2 is 1.79 bits per heavy atom. The van der Waals surface area contributed by atoms with Crippen molar-refractivity contribution in [2.75, 3.05) is 26.2 Å². The molecule has 5 nitrogen and oxygen atoms in total. The minimum atomic E-state index is -3.41. The summed E-state index contributed by atoms with van der Waals surface area (Å²) < 4.78 is 41.8. The largest absolute Gasteiger partial charge is 0.281 e. The normalized spacial score (nSPS) is 18.5. The highest BCUT2D eigenvalue weighted by molar-refractivity contribution is 7.86. The van der Waals surface area contributed by atoms with Crippen molar-refractivity contribution < 1.29 is 12.8 Å². The number of hydrogen-bond donors (Lipinski definition) is 0. The minimum Gasteiger partial charge on any atom is -0.261 e. The highest BCUT2D eigenvalue weighted by Crippen LogP contribution is 2.28. The second-order valence-electron chi connectivity index (χ2n) is 7.18. The second-order valence-corrected chi connectivity index (χ2v) is 9.11. The van der Waals surface area contributed by atoms with Crippen LogP contribution in [0.25, 0.3) is 0 Å². The van der Waals surface area contributed by atoms with Crippen LogP contribution >= 0.6 is 0 Å². The summed E-state index contributed by atoms with van der Waals surface area (Å²) in [6.07, 6.45) is 4.32. The molecule has 1 saturated heterocycles. The molecule has 1 atom stereocenters. The summed E-state index contributed by atoms with van der Waals surface area (Å²) in [6, 6.07) is 10.5. The molecule has 3 rings (SSSR count). The SMILES string of the molecule is CCN(CC)S(=O)(=O)N1CCCC(c2ccc(Cc3ccc(F)cc3)cn2)C1. The average Bonchev–Trinajstić information content (AvgIpc) is 2.71. The maximum atomic E-state index is 13.0. The number of halogens is 1. The number of piperidine rings is 1. The number of nitrogens with zero attached hydrogens (tertiary/aromatic N) is 3. The third-order valence-electron chi connectivity index (χ3n) is 5.33. The molecule has 7 heteroatoms. The van der Waals surface area contributed by atoms with Gasteiger partial charge < -0.3 is 0 Å². The van der Waals surface area contributed by atoms with Crippen LogP contribution in [0.5, 0.6) is 0 Å². The molecule has 0 N–H and O–H groups in total. The van der Waals surface area contributed by atoms with Gasteiger partial charge in [0, 0.05) is 44.0 Å². The van der Waals surface area contributed by atoms with Crippen molar-refractivity contribution in [3.05, 3.63) is 65.2 Å². The zero-order valence-corrected chi connectivity index (χ0v) is 17.3. The second kappa shape index (κ2) is 9.11. The van der Waals surface area contributed by atoms with Crippen molar-refractivity contribution in [1.82, 2.24) is 13.6 Å². The molecule has 1 aliphatic heterocycles. The zero-order valence-electron chi connectivity index (χ0n) is 16.5. The Balaban J connectivity index is 1.68. The Morgan fingerprint density at radius 1 is 1.11 bits per heavy atom. The molecule has 0 radical (unpaired) electrons. The van der Waals surface area contributed by atoms with Crippen molar-refractivity contribution in [1.29, 1.82) is 0 Å². The Kier molecular flexibility index (Phi) is 6.80. The third kappa shape index (κ3) is 4.77. The van der Waals surface area contributed by atoms with Gasteiger partial charge in [0.05, 0.1) is 0 Å². The van der Waals surface area contributed by atoms with E-state index in [1.54, 1.807) is 16.4 Å². The topological polar surface area (TPSA) is 53.5 Å². The van der Waals surface area contributed by atoms with Crippen molar-refractivity contribution in [3.63, 3.8) is 0 Å². The van der Waals surface area contributed by atoms with Gasteiger partial charge in [-0.1, -0.05) is 32.0 Å². The molecule has 152 valence electrons. The smallest absolute Gasteiger partial charge is 0.261 e. The van der Waals surface area contributed by atoms with Crippen LogP contribution in [-0.4, -0.2) is 48.2 Å². The van der Waals surface area contributed by atoms with E-state index in [2.05, 4.69) is 4.98 Å². The van der Waals surface area contributed by atoms with E-state index >= 15 is 0 Å². The van der Waals surface area contributed by atoms with Gasteiger partial charge in [-0.15, -0.1) is 0 Å². The summed E-state index contributed by atoms with van der Waals surface area (Å²) in [5.41, 5.74) is 3.02. The first kappa shape index (κ1) is 20.9. The molecule has 28 heavy (non-hydrogen) atoms. The first-order valence-corrected chi connectivity index (χ1v) is 11.3. The lowest BCUT2D eigenvalue weighted by Crippen LogP contribution is -2.47. The fourth-order valence-corrected chi connectivity index (χ4v) is 5.43. The Morgan fingerprint density at radius 3 is 2.39 bits per heavy atom. The molecule has 2 heterocycles. The van der Waals surface area contributed by atoms with E-state index in [1.807, 2.05) is 32.2 Å². The summed E-state index contributed by atoms with van der Waals surface area (Å²) in [4.78, 5) is 4.61. The molecule has 0 aliphatic carbocycles. The van der Waals surface area contributed by atoms with Crippen LogP contribution in [0, 0.1) is 5.82 Å². The monoisotopic (exact) mass is 405 g/mol. The van der Waals surface area contributed by atoms with Gasteiger partial charge in [-0.3, -0.25) is 4.98 Å². The Hall–Kier alpha value is -1.83. The standard InChI is InChI=1S/C21H28FN3O2S/c1-3-24(4-2)28(26,27)25-13-5-6-19(16-25)21-12-9-18(15-23-21)14-17-7-10-20(22)11-8-17/h7-12,15,19H,3-6,13-14,16H2,1-2H3. The Bertz CT molecular complexity index is 866. The van der Waals surface area contributed by atoms with E-state index in [0.717, 1.165) is 29.7 Å². The molecule has 1 aliphatic rings. The molecule has 1 aromatic carbocycles. The summed E-state index contributed by atoms with van der Waals surface area (Å²) >= 11 is 0. The zero-order chi connectivity index (χ0) is 20.1. The predicted octanol–water partition coefficient (Wildman–Crippen LogP) is 3.58. The van der Waals surface area contributed by atoms with Gasteiger partial charge in [-0.05, 0) is 48.6 Å². The molecule has 1 aromatic heterocycles. The minimum absolute atomic E-state index is 0.110. The van der Waals surface area contributed by atoms with Gasteiger partial charge in [-0.25, -0.2) is 4.39 Å². The van der Waals surface area contributed by atoms with Crippen LogP contribution in [0.1, 0.15) is 49.4 Å². The van der Waals surface area contributed by atoms with Gasteiger partial charge in [0.1, 0.15) is 5.82 Å². The van der Waals surface area contributed by atoms with E-state index in [0.29, 0.717) is 32.6 Å². The highest BCUT2D eigenvalue weighted by atomic mass is 32.2. The quantitative estimate of drug-likeness (QED) is 0.708. The van der Waals surface area contributed by atoms with Crippen LogP contribution in [0.2, 0.25) is 0 Å². The first-order chi connectivity index (χ1) is 13.4. The van der Waals surface area contributed by atoms with Gasteiger partial charge in [0.25, 0.3) is 10.2 Å². The lowest BCUT2D eigenvalue weighted by Gasteiger charge is -2.34. The molecule has 0 spiro atoms. The van der Waals surface area contributed by atoms with Crippen LogP contribution < -0.4 is 0 Å². The van der Waals surface area contributed by atoms with Crippen LogP contribution in [-0.2, 0) is 16.6 Å². The van der Waals surface area contributed by atoms with Gasteiger partial charge in [0.15, 0.2) is 0 Å². The van der Waals surface area contributed by atoms with E-state index in [1.165, 1.54) is 16.4 Å². The van der Waals surface area contributed by atoms with E-state index in [4.69, 9.17) is 0 Å². The molecule has 0 bridgehead atoms. The molecule has 0 saturated carbocycles. The summed E-state index contributed by atoms with van der Waals surface area (Å²) in [5.74, 6) is -0.127. The predicted molar refractivity (Wildman–Crippen MR) is 109 cm³/mol. The fraction of sp³-hybridized carbons (Fsp3) is 0.476. The molecular weight excluding hydrogens is 377 g/mol. The number of hydrogen-bond acceptors (Lipinski definition) is 3. The van der Waals surface area contributed by atoms with Crippen molar-refractivity contribution in [2.24, 2.45) is 0 Å². The maximum absolute atomic E-state index is 13.0. The molecule has 1 fully saturated rings. The molecule has 2 aromatic rings. The first-order valence-electron chi connectivity index (χ1n) is 9.88. The van der Waals surface area contributed by atoms with Crippen molar-refractivity contribution in [3.8, 4) is 0 Å². The van der Waals surface area contributed by atoms with Crippen LogP contribution in [0.3, 0.4) is 0 Å². The van der Waals surface area contributed by atoms with Crippen LogP contribution in [0.4, 0.5) is 4.39 Å². The van der Waals surface area contributed by atoms with Crippen molar-refractivity contribution in [2.45, 2.75) is 39.0 Å². The molecule has 1 unspecified atom stereocenters. The Labute approximate surface area is 167 Å². The number of aromatic nitrogens is 1. The van der Waals surface area contributed by atoms with Gasteiger partial charge in [-0.2, -0.15) is 17.0 Å². The third-order valence-corrected chi connectivity index (χ3v) is 7.48. The van der Waals surface area contributed by atoms with E-state index in [9.17, 15) is 12.8 Å². The number of rotatable bonds is 7. The molecule has 0 amide bonds. The van der Waals surface area contributed by atoms with Crippen molar-refractivity contribution >= 4 is 10.2 Å². The highest BCUT2D eigenvalue weighted by Gasteiger charge is 2.33. The lowest BCUT2D eigenvalue weighted by atomic mass is 9.95. The summed E-state index contributed by atoms with van der Waals surface area (Å²) in [6.45, 7) is 5.74. The summed E-state index contributed by atoms with van der Waals surface area (Å²) in [5, 5.41) is 0. The van der Waals surface area contributed by atoms with Crippen LogP contribution in [0.15, 0.2) is 42.6 Å². The number of pyridine rings is 1. The van der Waals surface area contributed by atoms with Gasteiger partial charge >= 0.3 is 0 Å². The lowest BCUT2D eigenvalue weighted by molar-refractivity contribution is 0.285. The average molecular weight is 406 g/mol. The summed E-state index contributed by atoms with van der Waals surface area (Å²) in [7, 11) is -3.41. The maximum Gasteiger partial charge on any atom is 0.281 e. The molecular formula is C21H28FN3O2S.